The molecule has 0 aliphatic heterocycles. The van der Waals surface area contributed by atoms with Gasteiger partial charge in [0.2, 0.25) is 0 Å². The summed E-state index contributed by atoms with van der Waals surface area (Å²) in [5, 5.41) is 1.95. The van der Waals surface area contributed by atoms with Crippen LogP contribution in [-0.4, -0.2) is 22.0 Å². The Bertz CT molecular complexity index is 1080. The molecule has 3 rings (SSSR count). The maximum Gasteiger partial charge on any atom is 0.332 e. The summed E-state index contributed by atoms with van der Waals surface area (Å²) in [5.41, 5.74) is -0.429. The molecule has 0 saturated heterocycles. The van der Waals surface area contributed by atoms with Crippen molar-refractivity contribution in [2.24, 2.45) is 14.1 Å². The van der Waals surface area contributed by atoms with E-state index < -0.39 is 11.2 Å². The topological polar surface area (TPSA) is 73.5 Å². The van der Waals surface area contributed by atoms with Crippen molar-refractivity contribution in [2.45, 2.75) is 13.5 Å². The van der Waals surface area contributed by atoms with Gasteiger partial charge in [0.1, 0.15) is 17.1 Å². The molecule has 0 atom stereocenters. The molecular formula is C20H21N3O4S. The first kappa shape index (κ1) is 19.6. The molecule has 2 aromatic heterocycles. The van der Waals surface area contributed by atoms with Gasteiger partial charge in [0.25, 0.3) is 5.56 Å². The summed E-state index contributed by atoms with van der Waals surface area (Å²) < 4.78 is 7.76. The van der Waals surface area contributed by atoms with Crippen molar-refractivity contribution in [3.8, 4) is 5.75 Å². The van der Waals surface area contributed by atoms with Crippen LogP contribution < -0.4 is 20.9 Å². The Morgan fingerprint density at radius 3 is 2.39 bits per heavy atom. The van der Waals surface area contributed by atoms with Crippen molar-refractivity contribution in [1.82, 2.24) is 9.13 Å². The Hall–Kier alpha value is -3.13. The van der Waals surface area contributed by atoms with E-state index in [4.69, 9.17) is 4.74 Å². The predicted octanol–water partition coefficient (Wildman–Crippen LogP) is 2.70. The lowest BCUT2D eigenvalue weighted by Gasteiger charge is -2.27. The summed E-state index contributed by atoms with van der Waals surface area (Å²) >= 11 is 1.56. The van der Waals surface area contributed by atoms with Gasteiger partial charge in [0.15, 0.2) is 6.29 Å². The van der Waals surface area contributed by atoms with Crippen molar-refractivity contribution in [2.75, 3.05) is 11.5 Å². The molecule has 2 heterocycles. The van der Waals surface area contributed by atoms with Crippen LogP contribution in [0.15, 0.2) is 51.4 Å². The van der Waals surface area contributed by atoms with E-state index >= 15 is 0 Å². The smallest absolute Gasteiger partial charge is 0.332 e. The molecule has 0 aliphatic rings. The second-order valence-corrected chi connectivity index (χ2v) is 7.19. The van der Waals surface area contributed by atoms with Crippen molar-refractivity contribution < 1.29 is 9.53 Å². The molecule has 0 amide bonds. The number of ether oxygens (including phenoxy) is 1. The lowest BCUT2D eigenvalue weighted by atomic mass is 10.2. The minimum Gasteiger partial charge on any atom is -0.494 e. The first-order chi connectivity index (χ1) is 13.5. The van der Waals surface area contributed by atoms with Crippen molar-refractivity contribution in [3.63, 3.8) is 0 Å². The number of carbonyl (C=O) groups is 1. The van der Waals surface area contributed by atoms with Gasteiger partial charge in [0.05, 0.1) is 13.2 Å². The number of aldehydes is 1. The van der Waals surface area contributed by atoms with E-state index in [9.17, 15) is 14.4 Å². The van der Waals surface area contributed by atoms with Crippen molar-refractivity contribution in [1.29, 1.82) is 0 Å². The maximum atomic E-state index is 12.5. The van der Waals surface area contributed by atoms with Crippen LogP contribution in [0.5, 0.6) is 5.75 Å². The first-order valence-corrected chi connectivity index (χ1v) is 9.63. The second-order valence-electron chi connectivity index (χ2n) is 6.15. The zero-order chi connectivity index (χ0) is 20.3. The summed E-state index contributed by atoms with van der Waals surface area (Å²) in [6.45, 7) is 2.87. The van der Waals surface area contributed by atoms with E-state index in [-0.39, 0.29) is 11.4 Å². The van der Waals surface area contributed by atoms with Gasteiger partial charge < -0.3 is 9.64 Å². The molecule has 28 heavy (non-hydrogen) atoms. The molecule has 0 fully saturated rings. The van der Waals surface area contributed by atoms with Crippen LogP contribution in [0.3, 0.4) is 0 Å². The van der Waals surface area contributed by atoms with Gasteiger partial charge in [0, 0.05) is 24.7 Å². The normalized spacial score (nSPS) is 10.7. The van der Waals surface area contributed by atoms with Gasteiger partial charge in [-0.1, -0.05) is 6.07 Å². The Kier molecular flexibility index (Phi) is 5.79. The van der Waals surface area contributed by atoms with Crippen LogP contribution in [-0.2, 0) is 20.6 Å². The summed E-state index contributed by atoms with van der Waals surface area (Å²) in [5.74, 6) is 0.983. The summed E-state index contributed by atoms with van der Waals surface area (Å²) in [7, 11) is 2.92. The number of benzene rings is 1. The third kappa shape index (κ3) is 3.63. The second kappa shape index (κ2) is 8.26. The monoisotopic (exact) mass is 399 g/mol. The number of anilines is 2. The van der Waals surface area contributed by atoms with E-state index in [1.54, 1.807) is 23.3 Å². The largest absolute Gasteiger partial charge is 0.494 e. The van der Waals surface area contributed by atoms with Crippen LogP contribution >= 0.6 is 11.3 Å². The SMILES string of the molecule is CCOc1ccc(N(Cc2cccs2)c2c(C=O)c(=O)n(C)c(=O)n2C)cc1. The molecular weight excluding hydrogens is 378 g/mol. The number of nitrogens with zero attached hydrogens (tertiary/aromatic N) is 3. The number of hydrogen-bond donors (Lipinski definition) is 0. The third-order valence-corrected chi connectivity index (χ3v) is 5.26. The third-order valence-electron chi connectivity index (χ3n) is 4.39. The van der Waals surface area contributed by atoms with Gasteiger partial charge in [-0.3, -0.25) is 18.7 Å². The Morgan fingerprint density at radius 2 is 1.82 bits per heavy atom. The highest BCUT2D eigenvalue weighted by Crippen LogP contribution is 2.30. The fourth-order valence-corrected chi connectivity index (χ4v) is 3.72. The first-order valence-electron chi connectivity index (χ1n) is 8.75. The lowest BCUT2D eigenvalue weighted by molar-refractivity contribution is 0.112. The van der Waals surface area contributed by atoms with Crippen LogP contribution in [0.25, 0.3) is 0 Å². The van der Waals surface area contributed by atoms with Crippen LogP contribution in [0.4, 0.5) is 11.5 Å². The molecule has 0 saturated carbocycles. The highest BCUT2D eigenvalue weighted by atomic mass is 32.1. The van der Waals surface area contributed by atoms with E-state index in [0.29, 0.717) is 19.4 Å². The lowest BCUT2D eigenvalue weighted by Crippen LogP contribution is -2.42. The number of aromatic nitrogens is 2. The summed E-state index contributed by atoms with van der Waals surface area (Å²) in [6.07, 6.45) is 0.507. The number of thiophene rings is 1. The van der Waals surface area contributed by atoms with Gasteiger partial charge in [-0.25, -0.2) is 4.79 Å². The van der Waals surface area contributed by atoms with Crippen molar-refractivity contribution >= 4 is 29.1 Å². The zero-order valence-corrected chi connectivity index (χ0v) is 16.7. The highest BCUT2D eigenvalue weighted by Gasteiger charge is 2.22. The zero-order valence-electron chi connectivity index (χ0n) is 15.9. The Balaban J connectivity index is 2.21. The number of hydrogen-bond acceptors (Lipinski definition) is 6. The molecule has 0 N–H and O–H groups in total. The summed E-state index contributed by atoms with van der Waals surface area (Å²) in [6, 6.07) is 11.2. The molecule has 0 spiro atoms. The van der Waals surface area contributed by atoms with Gasteiger partial charge in [-0.2, -0.15) is 0 Å². The Labute approximate surface area is 166 Å². The average molecular weight is 399 g/mol. The average Bonchev–Trinajstić information content (AvgIpc) is 3.22. The standard InChI is InChI=1S/C20H21N3O4S/c1-4-27-15-9-7-14(8-10-15)23(12-16-6-5-11-28-16)18-17(13-24)19(25)22(3)20(26)21(18)2/h5-11,13H,4,12H2,1-3H3. The van der Waals surface area contributed by atoms with E-state index in [0.717, 1.165) is 20.9 Å². The molecule has 0 aliphatic carbocycles. The van der Waals surface area contributed by atoms with Gasteiger partial charge in [-0.05, 0) is 42.6 Å². The number of carbonyl (C=O) groups excluding carboxylic acids is 1. The molecule has 8 heteroatoms. The molecule has 1 aromatic carbocycles. The fourth-order valence-electron chi connectivity index (χ4n) is 3.02. The molecule has 0 bridgehead atoms. The quantitative estimate of drug-likeness (QED) is 0.571. The minimum atomic E-state index is -0.616. The predicted molar refractivity (Wildman–Crippen MR) is 110 cm³/mol. The molecule has 3 aromatic rings. The van der Waals surface area contributed by atoms with E-state index in [1.807, 2.05) is 48.7 Å². The molecule has 0 radical (unpaired) electrons. The van der Waals surface area contributed by atoms with Crippen LogP contribution in [0, 0.1) is 0 Å². The summed E-state index contributed by atoms with van der Waals surface area (Å²) in [4.78, 5) is 39.7. The molecule has 0 unspecified atom stereocenters. The van der Waals surface area contributed by atoms with Gasteiger partial charge >= 0.3 is 5.69 Å². The fraction of sp³-hybridized carbons (Fsp3) is 0.250. The molecule has 7 nitrogen and oxygen atoms in total. The molecule has 146 valence electrons. The Morgan fingerprint density at radius 1 is 1.11 bits per heavy atom. The van der Waals surface area contributed by atoms with E-state index in [1.165, 1.54) is 11.6 Å². The maximum absolute atomic E-state index is 12.5. The number of rotatable bonds is 7. The highest BCUT2D eigenvalue weighted by molar-refractivity contribution is 7.09. The van der Waals surface area contributed by atoms with Crippen LogP contribution in [0.2, 0.25) is 0 Å². The van der Waals surface area contributed by atoms with Crippen LogP contribution in [0.1, 0.15) is 22.2 Å². The minimum absolute atomic E-state index is 0.0601. The van der Waals surface area contributed by atoms with E-state index in [2.05, 4.69) is 0 Å². The van der Waals surface area contributed by atoms with Crippen molar-refractivity contribution in [3.05, 3.63) is 73.1 Å². The van der Waals surface area contributed by atoms with Gasteiger partial charge in [-0.15, -0.1) is 11.3 Å².